The van der Waals surface area contributed by atoms with E-state index in [4.69, 9.17) is 0 Å². The maximum atomic E-state index is 9.24. The van der Waals surface area contributed by atoms with Gasteiger partial charge in [0.15, 0.2) is 0 Å². The van der Waals surface area contributed by atoms with Crippen LogP contribution in [0.25, 0.3) is 0 Å². The van der Waals surface area contributed by atoms with Crippen LogP contribution in [0, 0.1) is 0 Å². The highest BCUT2D eigenvalue weighted by Crippen LogP contribution is 2.19. The Morgan fingerprint density at radius 2 is 1.88 bits per heavy atom. The lowest BCUT2D eigenvalue weighted by molar-refractivity contribution is 0.469. The Kier molecular flexibility index (Phi) is 3.44. The zero-order valence-corrected chi connectivity index (χ0v) is 10.0. The van der Waals surface area contributed by atoms with Crippen LogP contribution in [0.1, 0.15) is 37.3 Å². The topological polar surface area (TPSA) is 60.9 Å². The van der Waals surface area contributed by atoms with Gasteiger partial charge in [0.25, 0.3) is 0 Å². The molecule has 1 aromatic heterocycles. The summed E-state index contributed by atoms with van der Waals surface area (Å²) in [5.74, 6) is 1.22. The Hall–Kier alpha value is -1.81. The lowest BCUT2D eigenvalue weighted by atomic mass is 10.1. The molecule has 17 heavy (non-hydrogen) atoms. The van der Waals surface area contributed by atoms with E-state index in [1.54, 1.807) is 18.3 Å². The van der Waals surface area contributed by atoms with E-state index in [9.17, 15) is 5.11 Å². The van der Waals surface area contributed by atoms with Crippen LogP contribution >= 0.6 is 0 Å². The van der Waals surface area contributed by atoms with Gasteiger partial charge in [0.1, 0.15) is 11.6 Å². The third kappa shape index (κ3) is 2.85. The Morgan fingerprint density at radius 3 is 2.47 bits per heavy atom. The van der Waals surface area contributed by atoms with E-state index in [1.165, 1.54) is 0 Å². The molecule has 0 aliphatic carbocycles. The second-order valence-corrected chi connectivity index (χ2v) is 4.18. The van der Waals surface area contributed by atoms with Gasteiger partial charge < -0.3 is 15.4 Å². The van der Waals surface area contributed by atoms with Crippen LogP contribution in [-0.2, 0) is 0 Å². The number of aromatic amines is 1. The van der Waals surface area contributed by atoms with Crippen LogP contribution in [0.2, 0.25) is 0 Å². The van der Waals surface area contributed by atoms with Gasteiger partial charge in [-0.15, -0.1) is 0 Å². The minimum atomic E-state index is 0.161. The van der Waals surface area contributed by atoms with Crippen LogP contribution in [0.5, 0.6) is 5.75 Å². The van der Waals surface area contributed by atoms with E-state index < -0.39 is 0 Å². The SMILES string of the molecule is CC(NC(C)c1ncc[nH]1)c1ccc(O)cc1. The van der Waals surface area contributed by atoms with E-state index in [1.807, 2.05) is 18.3 Å². The van der Waals surface area contributed by atoms with Crippen LogP contribution < -0.4 is 5.32 Å². The van der Waals surface area contributed by atoms with Crippen molar-refractivity contribution >= 4 is 0 Å². The largest absolute Gasteiger partial charge is 0.508 e. The van der Waals surface area contributed by atoms with E-state index >= 15 is 0 Å². The quantitative estimate of drug-likeness (QED) is 0.757. The minimum absolute atomic E-state index is 0.161. The zero-order chi connectivity index (χ0) is 12.3. The highest BCUT2D eigenvalue weighted by molar-refractivity contribution is 5.27. The molecule has 0 radical (unpaired) electrons. The van der Waals surface area contributed by atoms with E-state index in [0.717, 1.165) is 11.4 Å². The average Bonchev–Trinajstić information content (AvgIpc) is 2.83. The molecule has 0 saturated heterocycles. The first-order valence-electron chi connectivity index (χ1n) is 5.71. The second-order valence-electron chi connectivity index (χ2n) is 4.18. The van der Waals surface area contributed by atoms with Gasteiger partial charge in [-0.1, -0.05) is 12.1 Å². The van der Waals surface area contributed by atoms with Gasteiger partial charge in [0.05, 0.1) is 6.04 Å². The number of phenols is 1. The minimum Gasteiger partial charge on any atom is -0.508 e. The van der Waals surface area contributed by atoms with Crippen LogP contribution in [0.15, 0.2) is 36.7 Å². The summed E-state index contributed by atoms with van der Waals surface area (Å²) in [6, 6.07) is 7.60. The predicted molar refractivity (Wildman–Crippen MR) is 66.7 cm³/mol. The number of rotatable bonds is 4. The standard InChI is InChI=1S/C13H17N3O/c1-9(11-3-5-12(17)6-4-11)16-10(2)13-14-7-8-15-13/h3-10,16-17H,1-2H3,(H,14,15). The number of aromatic nitrogens is 2. The molecule has 2 atom stereocenters. The fourth-order valence-corrected chi connectivity index (χ4v) is 1.83. The number of hydrogen-bond acceptors (Lipinski definition) is 3. The third-order valence-electron chi connectivity index (χ3n) is 2.82. The first-order valence-corrected chi connectivity index (χ1v) is 5.71. The molecule has 4 nitrogen and oxygen atoms in total. The maximum absolute atomic E-state index is 9.24. The summed E-state index contributed by atoms with van der Waals surface area (Å²) in [4.78, 5) is 7.31. The van der Waals surface area contributed by atoms with Crippen molar-refractivity contribution in [3.05, 3.63) is 48.0 Å². The normalized spacial score (nSPS) is 14.5. The molecule has 3 N–H and O–H groups in total. The lowest BCUT2D eigenvalue weighted by Gasteiger charge is -2.18. The molecule has 4 heteroatoms. The highest BCUT2D eigenvalue weighted by atomic mass is 16.3. The van der Waals surface area contributed by atoms with Gasteiger partial charge in [-0.25, -0.2) is 4.98 Å². The van der Waals surface area contributed by atoms with Crippen molar-refractivity contribution in [1.29, 1.82) is 0 Å². The Labute approximate surface area is 101 Å². The van der Waals surface area contributed by atoms with Crippen molar-refractivity contribution in [1.82, 2.24) is 15.3 Å². The number of nitrogens with one attached hydrogen (secondary N) is 2. The summed E-state index contributed by atoms with van der Waals surface area (Å²) in [6.07, 6.45) is 3.57. The number of imidazole rings is 1. The van der Waals surface area contributed by atoms with Gasteiger partial charge in [-0.2, -0.15) is 0 Å². The molecule has 2 aromatic rings. The van der Waals surface area contributed by atoms with Gasteiger partial charge in [0.2, 0.25) is 0 Å². The smallest absolute Gasteiger partial charge is 0.122 e. The van der Waals surface area contributed by atoms with E-state index in [2.05, 4.69) is 29.1 Å². The van der Waals surface area contributed by atoms with Crippen molar-refractivity contribution in [3.63, 3.8) is 0 Å². The summed E-state index contributed by atoms with van der Waals surface area (Å²) >= 11 is 0. The highest BCUT2D eigenvalue weighted by Gasteiger charge is 2.12. The van der Waals surface area contributed by atoms with Gasteiger partial charge in [-0.3, -0.25) is 0 Å². The number of benzene rings is 1. The molecular formula is C13H17N3O. The summed E-state index contributed by atoms with van der Waals surface area (Å²) in [5, 5.41) is 12.7. The lowest BCUT2D eigenvalue weighted by Crippen LogP contribution is -2.23. The molecule has 1 aromatic carbocycles. The number of H-pyrrole nitrogens is 1. The molecule has 2 unspecified atom stereocenters. The molecule has 0 amide bonds. The predicted octanol–water partition coefficient (Wildman–Crippen LogP) is 2.53. The van der Waals surface area contributed by atoms with Gasteiger partial charge in [-0.05, 0) is 31.5 Å². The second kappa shape index (κ2) is 5.01. The molecule has 1 heterocycles. The summed E-state index contributed by atoms with van der Waals surface area (Å²) in [7, 11) is 0. The van der Waals surface area contributed by atoms with Gasteiger partial charge in [0, 0.05) is 18.4 Å². The molecule has 0 aliphatic rings. The Balaban J connectivity index is 2.01. The molecule has 2 rings (SSSR count). The zero-order valence-electron chi connectivity index (χ0n) is 10.0. The van der Waals surface area contributed by atoms with Gasteiger partial charge >= 0.3 is 0 Å². The maximum Gasteiger partial charge on any atom is 0.122 e. The Bertz CT molecular complexity index is 450. The number of aromatic hydroxyl groups is 1. The first kappa shape index (κ1) is 11.7. The van der Waals surface area contributed by atoms with Crippen LogP contribution in [-0.4, -0.2) is 15.1 Å². The summed E-state index contributed by atoms with van der Waals surface area (Å²) in [6.45, 7) is 4.15. The van der Waals surface area contributed by atoms with Crippen molar-refractivity contribution < 1.29 is 5.11 Å². The number of nitrogens with zero attached hydrogens (tertiary/aromatic N) is 1. The van der Waals surface area contributed by atoms with Crippen molar-refractivity contribution in [3.8, 4) is 5.75 Å². The average molecular weight is 231 g/mol. The van der Waals surface area contributed by atoms with E-state index in [0.29, 0.717) is 5.75 Å². The molecular weight excluding hydrogens is 214 g/mol. The molecule has 0 aliphatic heterocycles. The number of phenolic OH excluding ortho intramolecular Hbond substituents is 1. The monoisotopic (exact) mass is 231 g/mol. The molecule has 0 fully saturated rings. The number of hydrogen-bond donors (Lipinski definition) is 3. The summed E-state index contributed by atoms with van der Waals surface area (Å²) in [5.41, 5.74) is 1.14. The van der Waals surface area contributed by atoms with Crippen molar-refractivity contribution in [2.24, 2.45) is 0 Å². The Morgan fingerprint density at radius 1 is 1.18 bits per heavy atom. The molecule has 90 valence electrons. The van der Waals surface area contributed by atoms with E-state index in [-0.39, 0.29) is 12.1 Å². The van der Waals surface area contributed by atoms with Crippen molar-refractivity contribution in [2.45, 2.75) is 25.9 Å². The van der Waals surface area contributed by atoms with Crippen LogP contribution in [0.4, 0.5) is 0 Å². The molecule has 0 spiro atoms. The van der Waals surface area contributed by atoms with Crippen LogP contribution in [0.3, 0.4) is 0 Å². The molecule has 0 saturated carbocycles. The third-order valence-corrected chi connectivity index (χ3v) is 2.82. The summed E-state index contributed by atoms with van der Waals surface area (Å²) < 4.78 is 0. The first-order chi connectivity index (χ1) is 8.16. The fourth-order valence-electron chi connectivity index (χ4n) is 1.83. The molecule has 0 bridgehead atoms. The fraction of sp³-hybridized carbons (Fsp3) is 0.308. The van der Waals surface area contributed by atoms with Crippen molar-refractivity contribution in [2.75, 3.05) is 0 Å².